The van der Waals surface area contributed by atoms with Gasteiger partial charge in [0.25, 0.3) is 0 Å². The van der Waals surface area contributed by atoms with E-state index in [1.54, 1.807) is 0 Å². The van der Waals surface area contributed by atoms with E-state index in [2.05, 4.69) is 43.0 Å². The van der Waals surface area contributed by atoms with Crippen LogP contribution in [-0.4, -0.2) is 35.2 Å². The van der Waals surface area contributed by atoms with Gasteiger partial charge in [-0.1, -0.05) is 36.4 Å². The molecule has 0 aromatic heterocycles. The molecule has 0 unspecified atom stereocenters. The molecular weight excluding hydrogens is 322 g/mol. The Hall–Kier alpha value is -2.10. The average molecular weight is 349 g/mol. The number of fused-ring (bicyclic) bond motifs is 1. The fraction of sp³-hybridized carbons (Fsp3) is 0.391. The van der Waals surface area contributed by atoms with Gasteiger partial charge in [-0.2, -0.15) is 0 Å². The Morgan fingerprint density at radius 1 is 1.08 bits per heavy atom. The van der Waals surface area contributed by atoms with E-state index in [-0.39, 0.29) is 5.60 Å². The second kappa shape index (κ2) is 6.90. The summed E-state index contributed by atoms with van der Waals surface area (Å²) in [6, 6.07) is 14.3. The summed E-state index contributed by atoms with van der Waals surface area (Å²) in [6.45, 7) is 6.84. The van der Waals surface area contributed by atoms with Crippen LogP contribution in [0.2, 0.25) is 0 Å². The molecule has 1 N–H and O–H groups in total. The zero-order valence-corrected chi connectivity index (χ0v) is 15.6. The predicted octanol–water partition coefficient (Wildman–Crippen LogP) is 4.28. The molecule has 0 bridgehead atoms. The van der Waals surface area contributed by atoms with Crippen LogP contribution < -0.4 is 4.74 Å². The molecule has 1 atom stereocenters. The van der Waals surface area contributed by atoms with Crippen LogP contribution in [0.1, 0.15) is 41.2 Å². The molecule has 1 spiro atoms. The Kier molecular flexibility index (Phi) is 4.60. The van der Waals surface area contributed by atoms with Gasteiger partial charge in [-0.3, -0.25) is 0 Å². The van der Waals surface area contributed by atoms with Gasteiger partial charge in [-0.05, 0) is 48.7 Å². The van der Waals surface area contributed by atoms with E-state index in [1.165, 1.54) is 16.7 Å². The fourth-order valence-corrected chi connectivity index (χ4v) is 3.93. The van der Waals surface area contributed by atoms with Crippen molar-refractivity contribution in [3.05, 3.63) is 70.8 Å². The molecule has 0 aliphatic carbocycles. The molecule has 136 valence electrons. The van der Waals surface area contributed by atoms with E-state index >= 15 is 0 Å². The Labute approximate surface area is 155 Å². The van der Waals surface area contributed by atoms with Crippen molar-refractivity contribution in [2.75, 3.05) is 19.6 Å². The SMILES string of the molecule is Cc1cc2c(cc1C)OC1(C=C2)CCN(C[C@H](O)c2ccccc2)CC1. The number of aliphatic hydroxyl groups is 1. The minimum atomic E-state index is -0.431. The van der Waals surface area contributed by atoms with E-state index in [1.807, 2.05) is 30.3 Å². The number of nitrogens with zero attached hydrogens (tertiary/aromatic N) is 1. The van der Waals surface area contributed by atoms with E-state index < -0.39 is 6.10 Å². The maximum Gasteiger partial charge on any atom is 0.130 e. The molecule has 0 amide bonds. The predicted molar refractivity (Wildman–Crippen MR) is 105 cm³/mol. The number of β-amino-alcohol motifs (C(OH)–C–C–N with tert-alkyl or cyclic N) is 1. The minimum Gasteiger partial charge on any atom is -0.482 e. The summed E-state index contributed by atoms with van der Waals surface area (Å²) in [4.78, 5) is 2.34. The standard InChI is InChI=1S/C23H27NO2/c1-17-14-20-8-9-23(26-22(20)15-18(17)2)10-12-24(13-11-23)16-21(25)19-6-4-3-5-7-19/h3-9,14-15,21,25H,10-13,16H2,1-2H3/t21-/m0/s1. The van der Waals surface area contributed by atoms with E-state index in [4.69, 9.17) is 4.74 Å². The molecule has 2 aromatic rings. The highest BCUT2D eigenvalue weighted by Gasteiger charge is 2.37. The third kappa shape index (κ3) is 3.42. The molecular formula is C23H27NO2. The maximum absolute atomic E-state index is 10.5. The quantitative estimate of drug-likeness (QED) is 0.898. The van der Waals surface area contributed by atoms with Gasteiger partial charge in [0.2, 0.25) is 0 Å². The summed E-state index contributed by atoms with van der Waals surface area (Å²) < 4.78 is 6.46. The summed E-state index contributed by atoms with van der Waals surface area (Å²) in [7, 11) is 0. The summed E-state index contributed by atoms with van der Waals surface area (Å²) in [5, 5.41) is 10.5. The Morgan fingerprint density at radius 3 is 2.50 bits per heavy atom. The van der Waals surface area contributed by atoms with Gasteiger partial charge in [0.05, 0.1) is 6.10 Å². The van der Waals surface area contributed by atoms with Crippen LogP contribution in [0, 0.1) is 13.8 Å². The zero-order valence-electron chi connectivity index (χ0n) is 15.6. The molecule has 1 fully saturated rings. The monoisotopic (exact) mass is 349 g/mol. The summed E-state index contributed by atoms with van der Waals surface area (Å²) in [5.74, 6) is 1.01. The van der Waals surface area contributed by atoms with Crippen molar-refractivity contribution in [1.82, 2.24) is 4.90 Å². The van der Waals surface area contributed by atoms with Gasteiger partial charge in [-0.15, -0.1) is 0 Å². The van der Waals surface area contributed by atoms with E-state index in [9.17, 15) is 5.11 Å². The first-order chi connectivity index (χ1) is 12.5. The highest BCUT2D eigenvalue weighted by atomic mass is 16.5. The molecule has 2 aliphatic heterocycles. The van der Waals surface area contributed by atoms with Gasteiger partial charge in [0.1, 0.15) is 11.4 Å². The third-order valence-electron chi connectivity index (χ3n) is 5.82. The lowest BCUT2D eigenvalue weighted by atomic mass is 9.87. The highest BCUT2D eigenvalue weighted by molar-refractivity contribution is 5.63. The first kappa shape index (κ1) is 17.3. The Morgan fingerprint density at radius 2 is 1.77 bits per heavy atom. The van der Waals surface area contributed by atoms with Crippen LogP contribution in [0.15, 0.2) is 48.5 Å². The minimum absolute atomic E-state index is 0.192. The van der Waals surface area contributed by atoms with Crippen molar-refractivity contribution in [2.45, 2.75) is 38.4 Å². The van der Waals surface area contributed by atoms with Crippen LogP contribution in [0.25, 0.3) is 6.08 Å². The van der Waals surface area contributed by atoms with Gasteiger partial charge in [0, 0.05) is 38.0 Å². The molecule has 4 rings (SSSR count). The van der Waals surface area contributed by atoms with Crippen LogP contribution >= 0.6 is 0 Å². The molecule has 3 heteroatoms. The van der Waals surface area contributed by atoms with Crippen molar-refractivity contribution >= 4 is 6.08 Å². The molecule has 0 radical (unpaired) electrons. The van der Waals surface area contributed by atoms with E-state index in [0.717, 1.165) is 37.2 Å². The van der Waals surface area contributed by atoms with Crippen molar-refractivity contribution in [3.63, 3.8) is 0 Å². The average Bonchev–Trinajstić information content (AvgIpc) is 2.66. The van der Waals surface area contributed by atoms with Crippen molar-refractivity contribution in [2.24, 2.45) is 0 Å². The number of hydrogen-bond donors (Lipinski definition) is 1. The third-order valence-corrected chi connectivity index (χ3v) is 5.82. The van der Waals surface area contributed by atoms with Crippen LogP contribution in [0.4, 0.5) is 0 Å². The van der Waals surface area contributed by atoms with Crippen molar-refractivity contribution in [3.8, 4) is 5.75 Å². The number of hydrogen-bond acceptors (Lipinski definition) is 3. The summed E-state index contributed by atoms with van der Waals surface area (Å²) >= 11 is 0. The highest BCUT2D eigenvalue weighted by Crippen LogP contribution is 2.38. The lowest BCUT2D eigenvalue weighted by Crippen LogP contribution is -2.48. The lowest BCUT2D eigenvalue weighted by molar-refractivity contribution is 0.0201. The van der Waals surface area contributed by atoms with E-state index in [0.29, 0.717) is 6.54 Å². The molecule has 2 aromatic carbocycles. The van der Waals surface area contributed by atoms with Crippen LogP contribution in [0.3, 0.4) is 0 Å². The van der Waals surface area contributed by atoms with Crippen molar-refractivity contribution < 1.29 is 9.84 Å². The molecule has 0 saturated carbocycles. The molecule has 2 heterocycles. The molecule has 1 saturated heterocycles. The topological polar surface area (TPSA) is 32.7 Å². The molecule has 2 aliphatic rings. The Balaban J connectivity index is 1.40. The van der Waals surface area contributed by atoms with Gasteiger partial charge < -0.3 is 14.7 Å². The summed E-state index contributed by atoms with van der Waals surface area (Å²) in [6.07, 6.45) is 5.95. The number of likely N-dealkylation sites (tertiary alicyclic amines) is 1. The maximum atomic E-state index is 10.5. The Bertz CT molecular complexity index is 804. The smallest absolute Gasteiger partial charge is 0.130 e. The lowest BCUT2D eigenvalue weighted by Gasteiger charge is -2.42. The van der Waals surface area contributed by atoms with Gasteiger partial charge in [-0.25, -0.2) is 0 Å². The second-order valence-corrected chi connectivity index (χ2v) is 7.70. The number of benzene rings is 2. The molecule has 3 nitrogen and oxygen atoms in total. The first-order valence-electron chi connectivity index (χ1n) is 9.50. The number of aliphatic hydroxyl groups excluding tert-OH is 1. The van der Waals surface area contributed by atoms with Gasteiger partial charge in [0.15, 0.2) is 0 Å². The number of aryl methyl sites for hydroxylation is 2. The number of rotatable bonds is 3. The van der Waals surface area contributed by atoms with Crippen LogP contribution in [0.5, 0.6) is 5.75 Å². The second-order valence-electron chi connectivity index (χ2n) is 7.70. The largest absolute Gasteiger partial charge is 0.482 e. The first-order valence-corrected chi connectivity index (χ1v) is 9.50. The zero-order chi connectivity index (χ0) is 18.1. The normalized spacial score (nSPS) is 19.8. The van der Waals surface area contributed by atoms with Crippen LogP contribution in [-0.2, 0) is 0 Å². The number of piperidine rings is 1. The number of ether oxygens (including phenoxy) is 1. The molecule has 26 heavy (non-hydrogen) atoms. The van der Waals surface area contributed by atoms with Crippen molar-refractivity contribution in [1.29, 1.82) is 0 Å². The summed E-state index contributed by atoms with van der Waals surface area (Å²) in [5.41, 5.74) is 4.56. The van der Waals surface area contributed by atoms with Gasteiger partial charge >= 0.3 is 0 Å². The fourth-order valence-electron chi connectivity index (χ4n) is 3.93.